The molecule has 1 aliphatic carbocycles. The van der Waals surface area contributed by atoms with Crippen molar-refractivity contribution in [1.82, 2.24) is 5.43 Å². The Kier molecular flexibility index (Phi) is 3.40. The maximum Gasteiger partial charge on any atom is 0.311 e. The van der Waals surface area contributed by atoms with E-state index in [1.54, 1.807) is 12.1 Å². The number of hydrogen-bond acceptors (Lipinski definition) is 4. The first-order valence-electron chi connectivity index (χ1n) is 7.19. The van der Waals surface area contributed by atoms with Gasteiger partial charge in [-0.05, 0) is 12.8 Å². The van der Waals surface area contributed by atoms with Crippen molar-refractivity contribution in [2.75, 3.05) is 0 Å². The molecule has 1 N–H and O–H groups in total. The number of hydrogen-bond donors (Lipinski definition) is 1. The molecule has 21 heavy (non-hydrogen) atoms. The molecule has 0 atom stereocenters. The third-order valence-corrected chi connectivity index (χ3v) is 4.16. The fraction of sp³-hybridized carbons (Fsp3) is 0.500. The molecule has 3 rings (SSSR count). The lowest BCUT2D eigenvalue weighted by molar-refractivity contribution is -0.552. The van der Waals surface area contributed by atoms with Crippen LogP contribution in [0.5, 0.6) is 0 Å². The number of azo groups is 1. The van der Waals surface area contributed by atoms with Gasteiger partial charge in [-0.25, -0.2) is 0 Å². The maximum absolute atomic E-state index is 12.3. The Hall–Kier alpha value is -2.31. The van der Waals surface area contributed by atoms with Crippen molar-refractivity contribution in [3.05, 3.63) is 34.4 Å². The molecule has 0 saturated heterocycles. The SMILES string of the molecule is O=C1N[N+](c2ccc([N+](=O)[O-])cc2)=NC12CCCCCC2. The third-order valence-electron chi connectivity index (χ3n) is 4.16. The monoisotopic (exact) mass is 289 g/mol. The Morgan fingerprint density at radius 2 is 1.76 bits per heavy atom. The van der Waals surface area contributed by atoms with E-state index in [4.69, 9.17) is 0 Å². The minimum atomic E-state index is -0.654. The molecule has 110 valence electrons. The van der Waals surface area contributed by atoms with Crippen LogP contribution in [-0.4, -0.2) is 21.2 Å². The summed E-state index contributed by atoms with van der Waals surface area (Å²) in [6.07, 6.45) is 5.82. The topological polar surface area (TPSA) is 87.6 Å². The number of rotatable bonds is 2. The van der Waals surface area contributed by atoms with Crippen LogP contribution in [0.25, 0.3) is 0 Å². The van der Waals surface area contributed by atoms with Crippen molar-refractivity contribution < 1.29 is 14.5 Å². The van der Waals surface area contributed by atoms with E-state index in [1.807, 2.05) is 0 Å². The van der Waals surface area contributed by atoms with Gasteiger partial charge in [-0.15, -0.1) is 0 Å². The summed E-state index contributed by atoms with van der Waals surface area (Å²) < 4.78 is 0. The average molecular weight is 289 g/mol. The van der Waals surface area contributed by atoms with Crippen molar-refractivity contribution in [3.8, 4) is 0 Å². The molecule has 0 radical (unpaired) electrons. The standard InChI is InChI=1S/C14H16N4O3/c19-13-14(9-3-1-2-4-10-14)16-17(15-13)11-5-7-12(8-6-11)18(20)21/h5-8H,1-4,9-10H2/p+1. The number of non-ortho nitro benzene ring substituents is 1. The van der Waals surface area contributed by atoms with Crippen LogP contribution in [0, 0.1) is 10.1 Å². The molecule has 1 heterocycles. The zero-order chi connectivity index (χ0) is 14.9. The van der Waals surface area contributed by atoms with E-state index in [0.717, 1.165) is 38.5 Å². The van der Waals surface area contributed by atoms with Crippen molar-refractivity contribution in [2.45, 2.75) is 44.1 Å². The van der Waals surface area contributed by atoms with Gasteiger partial charge in [-0.1, -0.05) is 31.1 Å². The normalized spacial score (nSPS) is 20.8. The number of nitrogens with zero attached hydrogens (tertiary/aromatic N) is 3. The van der Waals surface area contributed by atoms with Gasteiger partial charge in [-0.2, -0.15) is 0 Å². The number of hydrazine groups is 1. The lowest BCUT2D eigenvalue weighted by Gasteiger charge is -2.13. The fourth-order valence-corrected chi connectivity index (χ4v) is 2.94. The van der Waals surface area contributed by atoms with E-state index in [-0.39, 0.29) is 11.6 Å². The summed E-state index contributed by atoms with van der Waals surface area (Å²) in [6, 6.07) is 6.01. The first kappa shape index (κ1) is 13.7. The van der Waals surface area contributed by atoms with E-state index in [9.17, 15) is 14.9 Å². The maximum atomic E-state index is 12.3. The van der Waals surface area contributed by atoms with Gasteiger partial charge in [-0.3, -0.25) is 14.9 Å². The van der Waals surface area contributed by atoms with Gasteiger partial charge in [0.2, 0.25) is 5.54 Å². The number of nitro groups is 1. The highest BCUT2D eigenvalue weighted by molar-refractivity contribution is 5.86. The number of nitrogens with one attached hydrogen (secondary N) is 1. The lowest BCUT2D eigenvalue weighted by atomic mass is 9.91. The van der Waals surface area contributed by atoms with E-state index in [0.29, 0.717) is 5.69 Å². The quantitative estimate of drug-likeness (QED) is 0.516. The molecule has 1 aliphatic heterocycles. The highest BCUT2D eigenvalue weighted by atomic mass is 16.6. The van der Waals surface area contributed by atoms with E-state index in [1.165, 1.54) is 16.9 Å². The summed E-state index contributed by atoms with van der Waals surface area (Å²) in [5, 5.41) is 15.2. The molecule has 7 heteroatoms. The summed E-state index contributed by atoms with van der Waals surface area (Å²) in [5.41, 5.74) is 2.77. The van der Waals surface area contributed by atoms with Gasteiger partial charge in [0.1, 0.15) is 0 Å². The summed E-state index contributed by atoms with van der Waals surface area (Å²) in [6.45, 7) is 0. The highest BCUT2D eigenvalue weighted by Gasteiger charge is 2.50. The molecule has 0 bridgehead atoms. The Labute approximate surface area is 121 Å². The van der Waals surface area contributed by atoms with Crippen LogP contribution < -0.4 is 5.43 Å². The first-order valence-corrected chi connectivity index (χ1v) is 7.19. The summed E-state index contributed by atoms with van der Waals surface area (Å²) in [4.78, 5) is 24.0. The Bertz CT molecular complexity index is 601. The summed E-state index contributed by atoms with van der Waals surface area (Å²) in [5.74, 6) is -0.0669. The van der Waals surface area contributed by atoms with Gasteiger partial charge in [0.15, 0.2) is 0 Å². The van der Waals surface area contributed by atoms with Crippen LogP contribution in [0.2, 0.25) is 0 Å². The summed E-state index contributed by atoms with van der Waals surface area (Å²) >= 11 is 0. The Balaban J connectivity index is 1.88. The van der Waals surface area contributed by atoms with Gasteiger partial charge in [0.05, 0.1) is 4.92 Å². The molecule has 1 aromatic carbocycles. The molecule has 7 nitrogen and oxygen atoms in total. The minimum Gasteiger partial charge on any atom is -0.266 e. The first-order chi connectivity index (χ1) is 10.1. The Morgan fingerprint density at radius 3 is 2.33 bits per heavy atom. The smallest absolute Gasteiger partial charge is 0.266 e. The molecule has 2 aliphatic rings. The largest absolute Gasteiger partial charge is 0.311 e. The van der Waals surface area contributed by atoms with Gasteiger partial charge in [0.25, 0.3) is 11.4 Å². The third kappa shape index (κ3) is 2.51. The number of benzene rings is 1. The van der Waals surface area contributed by atoms with Gasteiger partial charge in [0, 0.05) is 34.2 Å². The van der Waals surface area contributed by atoms with Crippen LogP contribution in [-0.2, 0) is 4.79 Å². The van der Waals surface area contributed by atoms with Gasteiger partial charge >= 0.3 is 5.91 Å². The number of carbonyl (C=O) groups excluding carboxylic acids is 1. The van der Waals surface area contributed by atoms with E-state index < -0.39 is 10.5 Å². The number of nitro benzene ring substituents is 1. The molecular formula is C14H17N4O3+. The second kappa shape index (κ2) is 5.23. The highest BCUT2D eigenvalue weighted by Crippen LogP contribution is 2.35. The van der Waals surface area contributed by atoms with Crippen LogP contribution in [0.3, 0.4) is 0 Å². The van der Waals surface area contributed by atoms with Crippen LogP contribution in [0.1, 0.15) is 38.5 Å². The van der Waals surface area contributed by atoms with Crippen molar-refractivity contribution in [1.29, 1.82) is 0 Å². The fourth-order valence-electron chi connectivity index (χ4n) is 2.94. The van der Waals surface area contributed by atoms with Crippen molar-refractivity contribution in [3.63, 3.8) is 0 Å². The van der Waals surface area contributed by atoms with Gasteiger partial charge < -0.3 is 0 Å². The lowest BCUT2D eigenvalue weighted by Crippen LogP contribution is -2.39. The van der Waals surface area contributed by atoms with Crippen molar-refractivity contribution in [2.24, 2.45) is 5.11 Å². The predicted octanol–water partition coefficient (Wildman–Crippen LogP) is 2.83. The Morgan fingerprint density at radius 1 is 1.14 bits per heavy atom. The van der Waals surface area contributed by atoms with Crippen LogP contribution >= 0.6 is 0 Å². The minimum absolute atomic E-state index is 0.0217. The molecule has 1 amide bonds. The zero-order valence-corrected chi connectivity index (χ0v) is 11.6. The molecule has 1 aromatic rings. The predicted molar refractivity (Wildman–Crippen MR) is 74.0 cm³/mol. The van der Waals surface area contributed by atoms with Crippen molar-refractivity contribution >= 4 is 17.3 Å². The summed E-state index contributed by atoms with van der Waals surface area (Å²) in [7, 11) is 0. The number of carbonyl (C=O) groups is 1. The van der Waals surface area contributed by atoms with Crippen LogP contribution in [0.15, 0.2) is 29.4 Å². The van der Waals surface area contributed by atoms with E-state index >= 15 is 0 Å². The second-order valence-corrected chi connectivity index (χ2v) is 5.57. The molecule has 0 aromatic heterocycles. The number of amides is 1. The molecular weight excluding hydrogens is 272 g/mol. The second-order valence-electron chi connectivity index (χ2n) is 5.57. The molecule has 1 spiro atoms. The van der Waals surface area contributed by atoms with E-state index in [2.05, 4.69) is 10.5 Å². The molecule has 1 saturated carbocycles. The average Bonchev–Trinajstić information content (AvgIpc) is 2.65. The van der Waals surface area contributed by atoms with Crippen LogP contribution in [0.4, 0.5) is 11.4 Å². The molecule has 0 unspecified atom stereocenters. The zero-order valence-electron chi connectivity index (χ0n) is 11.6. The molecule has 1 fully saturated rings.